The van der Waals surface area contributed by atoms with Crippen LogP contribution in [-0.2, 0) is 0 Å². The lowest BCUT2D eigenvalue weighted by Crippen LogP contribution is -1.94. The van der Waals surface area contributed by atoms with Crippen LogP contribution in [0.15, 0.2) is 61.1 Å². The molecule has 0 saturated heterocycles. The number of hydrogen-bond donors (Lipinski definition) is 0. The number of hydrogen-bond acceptors (Lipinski definition) is 3. The molecule has 4 nitrogen and oxygen atoms in total. The summed E-state index contributed by atoms with van der Waals surface area (Å²) < 4.78 is 15.4. The number of pyridine rings is 2. The number of benzene rings is 1. The van der Waals surface area contributed by atoms with Crippen molar-refractivity contribution in [2.24, 2.45) is 0 Å². The van der Waals surface area contributed by atoms with Gasteiger partial charge in [0, 0.05) is 29.1 Å². The molecule has 0 amide bonds. The summed E-state index contributed by atoms with van der Waals surface area (Å²) in [7, 11) is 0. The lowest BCUT2D eigenvalue weighted by Gasteiger charge is -2.10. The third-order valence-corrected chi connectivity index (χ3v) is 4.17. The molecule has 5 heteroatoms. The van der Waals surface area contributed by atoms with Gasteiger partial charge in [-0.15, -0.1) is 0 Å². The second-order valence-electron chi connectivity index (χ2n) is 5.76. The first-order valence-corrected chi connectivity index (χ1v) is 7.76. The van der Waals surface area contributed by atoms with Gasteiger partial charge in [-0.05, 0) is 48.9 Å². The Morgan fingerprint density at radius 3 is 2.72 bits per heavy atom. The molecule has 0 aliphatic heterocycles. The maximum Gasteiger partial charge on any atom is 0.144 e. The normalized spacial score (nSPS) is 10.8. The summed E-state index contributed by atoms with van der Waals surface area (Å²) >= 11 is 0. The van der Waals surface area contributed by atoms with E-state index in [-0.39, 0.29) is 5.82 Å². The second-order valence-corrected chi connectivity index (χ2v) is 5.76. The van der Waals surface area contributed by atoms with Gasteiger partial charge < -0.3 is 0 Å². The maximum atomic E-state index is 13.6. The number of fused-ring (bicyclic) bond motifs is 1. The molecule has 0 fully saturated rings. The Bertz CT molecular complexity index is 1140. The Hall–Kier alpha value is -3.52. The Morgan fingerprint density at radius 2 is 1.92 bits per heavy atom. The van der Waals surface area contributed by atoms with Crippen molar-refractivity contribution >= 4 is 5.65 Å². The average Bonchev–Trinajstić information content (AvgIpc) is 3.06. The van der Waals surface area contributed by atoms with E-state index in [2.05, 4.69) is 16.0 Å². The molecule has 0 radical (unpaired) electrons. The first-order valence-electron chi connectivity index (χ1n) is 7.76. The molecule has 0 unspecified atom stereocenters. The largest absolute Gasteiger partial charge is 0.291 e. The molecular weight excluding hydrogens is 315 g/mol. The van der Waals surface area contributed by atoms with E-state index < -0.39 is 0 Å². The molecule has 4 aromatic rings. The van der Waals surface area contributed by atoms with Crippen LogP contribution in [0.4, 0.5) is 4.39 Å². The van der Waals surface area contributed by atoms with Crippen LogP contribution < -0.4 is 0 Å². The Labute approximate surface area is 143 Å². The minimum absolute atomic E-state index is 0.236. The van der Waals surface area contributed by atoms with E-state index in [0.717, 1.165) is 22.4 Å². The van der Waals surface area contributed by atoms with Crippen LogP contribution in [0.5, 0.6) is 0 Å². The van der Waals surface area contributed by atoms with Crippen LogP contribution in [0.2, 0.25) is 0 Å². The molecule has 25 heavy (non-hydrogen) atoms. The smallest absolute Gasteiger partial charge is 0.144 e. The van der Waals surface area contributed by atoms with Crippen molar-refractivity contribution in [3.63, 3.8) is 0 Å². The quantitative estimate of drug-likeness (QED) is 0.548. The fourth-order valence-electron chi connectivity index (χ4n) is 2.88. The predicted octanol–water partition coefficient (Wildman–Crippen LogP) is 4.38. The molecule has 0 aliphatic carbocycles. The van der Waals surface area contributed by atoms with Gasteiger partial charge in [0.05, 0.1) is 11.9 Å². The average molecular weight is 328 g/mol. The molecule has 120 valence electrons. The monoisotopic (exact) mass is 328 g/mol. The predicted molar refractivity (Wildman–Crippen MR) is 93.3 cm³/mol. The van der Waals surface area contributed by atoms with Gasteiger partial charge in [0.15, 0.2) is 0 Å². The lowest BCUT2D eigenvalue weighted by molar-refractivity contribution is 0.619. The van der Waals surface area contributed by atoms with Crippen molar-refractivity contribution in [1.29, 1.82) is 5.26 Å². The van der Waals surface area contributed by atoms with Gasteiger partial charge in [-0.3, -0.25) is 9.38 Å². The third-order valence-electron chi connectivity index (χ3n) is 4.17. The van der Waals surface area contributed by atoms with Crippen molar-refractivity contribution in [2.75, 3.05) is 0 Å². The molecule has 4 rings (SSSR count). The van der Waals surface area contributed by atoms with E-state index >= 15 is 0 Å². The van der Waals surface area contributed by atoms with Crippen molar-refractivity contribution in [3.05, 3.63) is 78.1 Å². The molecule has 0 N–H and O–H groups in total. The SMILES string of the molecule is Cc1cc(-c2ncccc2-c2ccc3ncc(C#N)n3c2)ccc1F. The Morgan fingerprint density at radius 1 is 1.08 bits per heavy atom. The van der Waals surface area contributed by atoms with Crippen molar-refractivity contribution in [3.8, 4) is 28.5 Å². The van der Waals surface area contributed by atoms with E-state index in [1.54, 1.807) is 35.9 Å². The topological polar surface area (TPSA) is 54.0 Å². The summed E-state index contributed by atoms with van der Waals surface area (Å²) in [6.07, 6.45) is 5.14. The van der Waals surface area contributed by atoms with Gasteiger partial charge in [-0.1, -0.05) is 6.07 Å². The number of halogens is 1. The van der Waals surface area contributed by atoms with E-state index in [1.807, 2.05) is 30.5 Å². The highest BCUT2D eigenvalue weighted by Crippen LogP contribution is 2.31. The van der Waals surface area contributed by atoms with Gasteiger partial charge in [0.25, 0.3) is 0 Å². The van der Waals surface area contributed by atoms with Crippen LogP contribution in [0.25, 0.3) is 28.0 Å². The van der Waals surface area contributed by atoms with Gasteiger partial charge >= 0.3 is 0 Å². The number of aryl methyl sites for hydroxylation is 1. The standard InChI is InChI=1S/C20H13FN4/c1-13-9-14(4-6-18(13)21)20-17(3-2-8-23-20)15-5-7-19-24-11-16(10-22)25(19)12-15/h2-9,11-12H,1H3. The van der Waals surface area contributed by atoms with Crippen LogP contribution >= 0.6 is 0 Å². The van der Waals surface area contributed by atoms with E-state index in [1.165, 1.54) is 6.07 Å². The maximum absolute atomic E-state index is 13.6. The zero-order valence-corrected chi connectivity index (χ0v) is 13.4. The molecule has 0 aliphatic rings. The molecule has 0 saturated carbocycles. The molecule has 0 spiro atoms. The minimum atomic E-state index is -0.236. The summed E-state index contributed by atoms with van der Waals surface area (Å²) in [4.78, 5) is 8.70. The van der Waals surface area contributed by atoms with Crippen LogP contribution in [-0.4, -0.2) is 14.4 Å². The summed E-state index contributed by atoms with van der Waals surface area (Å²) in [5, 5.41) is 9.22. The number of rotatable bonds is 2. The highest BCUT2D eigenvalue weighted by atomic mass is 19.1. The summed E-state index contributed by atoms with van der Waals surface area (Å²) in [5.74, 6) is -0.236. The minimum Gasteiger partial charge on any atom is -0.291 e. The van der Waals surface area contributed by atoms with Crippen LogP contribution in [0, 0.1) is 24.1 Å². The molecular formula is C20H13FN4. The van der Waals surface area contributed by atoms with E-state index in [9.17, 15) is 9.65 Å². The molecule has 0 bridgehead atoms. The Balaban J connectivity index is 1.92. The van der Waals surface area contributed by atoms with E-state index in [0.29, 0.717) is 16.9 Å². The number of nitriles is 1. The Kier molecular flexibility index (Phi) is 3.51. The van der Waals surface area contributed by atoms with Gasteiger partial charge in [0.2, 0.25) is 0 Å². The zero-order chi connectivity index (χ0) is 17.4. The lowest BCUT2D eigenvalue weighted by atomic mass is 9.99. The second kappa shape index (κ2) is 5.84. The fraction of sp³-hybridized carbons (Fsp3) is 0.0500. The van der Waals surface area contributed by atoms with Crippen molar-refractivity contribution in [1.82, 2.24) is 14.4 Å². The number of nitrogens with zero attached hydrogens (tertiary/aromatic N) is 4. The summed E-state index contributed by atoms with van der Waals surface area (Å²) in [6, 6.07) is 14.7. The molecule has 3 heterocycles. The van der Waals surface area contributed by atoms with Crippen molar-refractivity contribution < 1.29 is 4.39 Å². The summed E-state index contributed by atoms with van der Waals surface area (Å²) in [5.41, 5.74) is 5.19. The first kappa shape index (κ1) is 15.0. The van der Waals surface area contributed by atoms with Crippen LogP contribution in [0.1, 0.15) is 11.3 Å². The molecule has 1 aromatic carbocycles. The highest BCUT2D eigenvalue weighted by molar-refractivity contribution is 5.81. The molecule has 0 atom stereocenters. The van der Waals surface area contributed by atoms with Crippen LogP contribution in [0.3, 0.4) is 0 Å². The number of imidazole rings is 1. The first-order chi connectivity index (χ1) is 12.2. The van der Waals surface area contributed by atoms with Gasteiger partial charge in [0.1, 0.15) is 23.2 Å². The zero-order valence-electron chi connectivity index (χ0n) is 13.4. The number of aromatic nitrogens is 3. The fourth-order valence-corrected chi connectivity index (χ4v) is 2.88. The molecule has 3 aromatic heterocycles. The van der Waals surface area contributed by atoms with Gasteiger partial charge in [-0.25, -0.2) is 9.37 Å². The summed E-state index contributed by atoms with van der Waals surface area (Å²) in [6.45, 7) is 1.73. The highest BCUT2D eigenvalue weighted by Gasteiger charge is 2.12. The third kappa shape index (κ3) is 2.54. The van der Waals surface area contributed by atoms with Gasteiger partial charge in [-0.2, -0.15) is 5.26 Å². The van der Waals surface area contributed by atoms with Crippen molar-refractivity contribution in [2.45, 2.75) is 6.92 Å². The van der Waals surface area contributed by atoms with E-state index in [4.69, 9.17) is 0 Å².